The Morgan fingerprint density at radius 1 is 0.529 bits per heavy atom. The van der Waals surface area contributed by atoms with Gasteiger partial charge in [-0.3, -0.25) is 20.2 Å². The smallest absolute Gasteiger partial charge is 0.334 e. The Bertz CT molecular complexity index is 2870. The Kier molecular flexibility index (Phi) is 27.4. The second-order valence-electron chi connectivity index (χ2n) is 22.1. The highest BCUT2D eigenvalue weighted by Gasteiger charge is 2.41. The number of rotatable bonds is 24. The SMILES string of the molecule is CC1=C(C(=O)O)C(c2cccc([N+](=O)[O-])c2)C(C(=O)O)=C(C)N1CCc1ccc(OCC(O)CNC(C)(C)C)cc1.CC1=C(C(=O)O)C(c2cccc([N+](=O)[O-])c2)C(C(=O)O)=C(C)N1CCc1ccc(OCC(O)CNC(C)(C)C)cc1.Cl.Cl.O. The lowest BCUT2D eigenvalue weighted by molar-refractivity contribution is -0.385. The molecule has 0 saturated heterocycles. The first-order valence-electron chi connectivity index (χ1n) is 26.5. The number of nitro benzene ring substituents is 2. The third kappa shape index (κ3) is 20.1. The zero-order chi connectivity index (χ0) is 61.0. The van der Waals surface area contributed by atoms with E-state index in [0.717, 1.165) is 11.1 Å². The van der Waals surface area contributed by atoms with Crippen molar-refractivity contribution in [3.05, 3.63) is 185 Å². The summed E-state index contributed by atoms with van der Waals surface area (Å²) in [5.74, 6) is -6.34. The van der Waals surface area contributed by atoms with Gasteiger partial charge in [-0.25, -0.2) is 19.2 Å². The van der Waals surface area contributed by atoms with E-state index in [0.29, 0.717) is 73.3 Å². The van der Waals surface area contributed by atoms with Crippen molar-refractivity contribution in [2.24, 2.45) is 0 Å². The highest BCUT2D eigenvalue weighted by molar-refractivity contribution is 5.99. The number of β-amino-alcohol motifs (C(OH)–C–C–N with tert-alkyl or cyclic N) is 2. The Hall–Kier alpha value is -7.90. The van der Waals surface area contributed by atoms with E-state index in [4.69, 9.17) is 9.47 Å². The summed E-state index contributed by atoms with van der Waals surface area (Å²) in [5, 5.41) is 89.9. The molecule has 4 aromatic rings. The van der Waals surface area contributed by atoms with Crippen molar-refractivity contribution in [3.63, 3.8) is 0 Å². The number of nitrogens with one attached hydrogen (secondary N) is 2. The lowest BCUT2D eigenvalue weighted by atomic mass is 9.79. The normalized spacial score (nSPS) is 14.7. The van der Waals surface area contributed by atoms with Crippen molar-refractivity contribution in [3.8, 4) is 11.5 Å². The molecule has 23 nitrogen and oxygen atoms in total. The van der Waals surface area contributed by atoms with Crippen LogP contribution in [0.25, 0.3) is 0 Å². The third-order valence-electron chi connectivity index (χ3n) is 13.8. The Morgan fingerprint density at radius 2 is 0.812 bits per heavy atom. The molecule has 0 fully saturated rings. The van der Waals surface area contributed by atoms with Gasteiger partial charge in [-0.15, -0.1) is 24.8 Å². The fourth-order valence-corrected chi connectivity index (χ4v) is 9.63. The number of aliphatic hydroxyl groups is 2. The summed E-state index contributed by atoms with van der Waals surface area (Å²) < 4.78 is 11.4. The molecule has 0 bridgehead atoms. The number of aliphatic hydroxyl groups excluding tert-OH is 2. The Labute approximate surface area is 505 Å². The van der Waals surface area contributed by atoms with E-state index in [1.54, 1.807) is 61.8 Å². The van der Waals surface area contributed by atoms with Gasteiger partial charge in [0.1, 0.15) is 36.9 Å². The molecule has 0 aliphatic carbocycles. The van der Waals surface area contributed by atoms with Crippen LogP contribution < -0.4 is 20.1 Å². The number of halogens is 2. The van der Waals surface area contributed by atoms with E-state index < -0.39 is 57.8 Å². The molecule has 0 aromatic heterocycles. The second kappa shape index (κ2) is 31.8. The number of hydrogen-bond acceptors (Lipinski definition) is 16. The van der Waals surface area contributed by atoms with Crippen LogP contribution >= 0.6 is 24.8 Å². The number of carboxylic acid groups (broad SMARTS) is 4. The molecule has 2 aliphatic heterocycles. The van der Waals surface area contributed by atoms with Gasteiger partial charge in [0.15, 0.2) is 0 Å². The molecule has 0 spiro atoms. The molecule has 464 valence electrons. The molecule has 0 amide bonds. The van der Waals surface area contributed by atoms with Crippen molar-refractivity contribution >= 4 is 60.1 Å². The average molecular weight is 1230 g/mol. The van der Waals surface area contributed by atoms with Crippen LogP contribution in [0.3, 0.4) is 0 Å². The average Bonchev–Trinajstić information content (AvgIpc) is 3.24. The van der Waals surface area contributed by atoms with Gasteiger partial charge in [-0.05, 0) is 129 Å². The number of allylic oxidation sites excluding steroid dienone is 4. The van der Waals surface area contributed by atoms with Crippen molar-refractivity contribution < 1.29 is 74.6 Å². The van der Waals surface area contributed by atoms with Gasteiger partial charge in [0, 0.05) is 84.3 Å². The lowest BCUT2D eigenvalue weighted by Crippen LogP contribution is -2.42. The predicted molar refractivity (Wildman–Crippen MR) is 323 cm³/mol. The number of benzene rings is 4. The largest absolute Gasteiger partial charge is 0.491 e. The Balaban J connectivity index is 0.000000560. The van der Waals surface area contributed by atoms with Gasteiger partial charge in [0.2, 0.25) is 0 Å². The molecule has 0 saturated carbocycles. The Morgan fingerprint density at radius 3 is 1.06 bits per heavy atom. The van der Waals surface area contributed by atoms with Crippen LogP contribution in [0.15, 0.2) is 142 Å². The molecule has 2 unspecified atom stereocenters. The van der Waals surface area contributed by atoms with Crippen LogP contribution in [-0.4, -0.2) is 142 Å². The van der Waals surface area contributed by atoms with Crippen molar-refractivity contribution in [1.29, 1.82) is 0 Å². The van der Waals surface area contributed by atoms with Gasteiger partial charge in [-0.1, -0.05) is 48.5 Å². The van der Waals surface area contributed by atoms with Crippen LogP contribution in [-0.2, 0) is 32.0 Å². The fourth-order valence-electron chi connectivity index (χ4n) is 9.63. The lowest BCUT2D eigenvalue weighted by Gasteiger charge is -2.37. The number of carboxylic acids is 4. The van der Waals surface area contributed by atoms with Gasteiger partial charge in [0.25, 0.3) is 11.4 Å². The molecular formula is C60H78Cl2N6O17. The monoisotopic (exact) mass is 1220 g/mol. The zero-order valence-electron chi connectivity index (χ0n) is 49.1. The molecule has 6 rings (SSSR count). The number of carbonyl (C=O) groups is 4. The first kappa shape index (κ1) is 73.2. The van der Waals surface area contributed by atoms with Gasteiger partial charge >= 0.3 is 23.9 Å². The maximum atomic E-state index is 12.4. The van der Waals surface area contributed by atoms with Gasteiger partial charge in [-0.2, -0.15) is 0 Å². The topological polar surface area (TPSA) is 356 Å². The fraction of sp³-hybridized carbons (Fsp3) is 0.400. The van der Waals surface area contributed by atoms with Gasteiger partial charge < -0.3 is 66.0 Å². The first-order chi connectivity index (χ1) is 38.4. The molecule has 0 radical (unpaired) electrons. The highest BCUT2D eigenvalue weighted by atomic mass is 35.5. The van der Waals surface area contributed by atoms with E-state index in [1.807, 2.05) is 65.8 Å². The molecular weight excluding hydrogens is 1150 g/mol. The molecule has 25 heteroatoms. The number of non-ortho nitro benzene ring substituents is 2. The summed E-state index contributed by atoms with van der Waals surface area (Å²) in [6.07, 6.45) is -0.381. The van der Waals surface area contributed by atoms with Crippen LogP contribution in [0.1, 0.15) is 103 Å². The number of nitrogens with zero attached hydrogens (tertiary/aromatic N) is 4. The third-order valence-corrected chi connectivity index (χ3v) is 13.8. The maximum Gasteiger partial charge on any atom is 0.334 e. The standard InChI is InChI=1S/2C30H37N3O8.2ClH.H2O/c2*1-18-25(28(35)36)27(21-7-6-8-22(15-21)33(39)40)26(29(37)38)19(2)32(18)14-13-20-9-11-24(12-10-20)41-17-23(34)16-31-30(3,4)5;;;/h2*6-12,15,23,27,31,34H,13-14,16-17H2,1-5H3,(H,35,36)(H,37,38);2*1H;1H2. The summed E-state index contributed by atoms with van der Waals surface area (Å²) in [7, 11) is 0. The summed E-state index contributed by atoms with van der Waals surface area (Å²) in [4.78, 5) is 74.5. The van der Waals surface area contributed by atoms with E-state index >= 15 is 0 Å². The van der Waals surface area contributed by atoms with Crippen molar-refractivity contribution in [2.45, 2.75) is 117 Å². The van der Waals surface area contributed by atoms with Gasteiger partial charge in [0.05, 0.1) is 44.0 Å². The van der Waals surface area contributed by atoms with Crippen LogP contribution in [0.4, 0.5) is 11.4 Å². The van der Waals surface area contributed by atoms with Crippen LogP contribution in [0, 0.1) is 20.2 Å². The highest BCUT2D eigenvalue weighted by Crippen LogP contribution is 2.44. The van der Waals surface area contributed by atoms with Crippen LogP contribution in [0.2, 0.25) is 0 Å². The summed E-state index contributed by atoms with van der Waals surface area (Å²) in [6, 6.07) is 25.4. The number of hydrogen-bond donors (Lipinski definition) is 8. The van der Waals surface area contributed by atoms with Crippen LogP contribution in [0.5, 0.6) is 11.5 Å². The second-order valence-corrected chi connectivity index (χ2v) is 22.1. The van der Waals surface area contributed by atoms with E-state index in [9.17, 15) is 70.0 Å². The zero-order valence-corrected chi connectivity index (χ0v) is 50.7. The minimum atomic E-state index is -1.29. The minimum absolute atomic E-state index is 0. The molecule has 2 aliphatic rings. The number of ether oxygens (including phenoxy) is 2. The molecule has 10 N–H and O–H groups in total. The summed E-state index contributed by atoms with van der Waals surface area (Å²) in [5.41, 5.74) is 2.47. The predicted octanol–water partition coefficient (Wildman–Crippen LogP) is 8.18. The van der Waals surface area contributed by atoms with E-state index in [1.165, 1.54) is 48.5 Å². The number of aliphatic carboxylic acids is 4. The van der Waals surface area contributed by atoms with Crippen molar-refractivity contribution in [2.75, 3.05) is 39.4 Å². The quantitative estimate of drug-likeness (QED) is 0.0242. The summed E-state index contributed by atoms with van der Waals surface area (Å²) >= 11 is 0. The minimum Gasteiger partial charge on any atom is -0.491 e. The maximum absolute atomic E-state index is 12.4. The van der Waals surface area contributed by atoms with Crippen molar-refractivity contribution in [1.82, 2.24) is 20.4 Å². The van der Waals surface area contributed by atoms with E-state index in [-0.39, 0.29) is 99.4 Å². The first-order valence-corrected chi connectivity index (χ1v) is 26.5. The summed E-state index contributed by atoms with van der Waals surface area (Å²) in [6.45, 7) is 20.2. The van der Waals surface area contributed by atoms with E-state index in [2.05, 4.69) is 10.6 Å². The molecule has 85 heavy (non-hydrogen) atoms. The molecule has 4 aromatic carbocycles. The number of nitro groups is 2. The molecule has 2 heterocycles. The molecule has 2 atom stereocenters.